The molecule has 1 saturated heterocycles. The number of rotatable bonds is 2. The molecular weight excluding hydrogens is 246 g/mol. The van der Waals surface area contributed by atoms with Gasteiger partial charge >= 0.3 is 0 Å². The molecule has 3 rings (SSSR count). The van der Waals surface area contributed by atoms with Crippen LogP contribution < -0.4 is 0 Å². The second kappa shape index (κ2) is 4.94. The Balaban J connectivity index is 1.92. The van der Waals surface area contributed by atoms with E-state index in [2.05, 4.69) is 23.6 Å². The van der Waals surface area contributed by atoms with E-state index < -0.39 is 0 Å². The van der Waals surface area contributed by atoms with Crippen molar-refractivity contribution in [2.75, 3.05) is 13.2 Å². The van der Waals surface area contributed by atoms with Gasteiger partial charge in [-0.2, -0.15) is 0 Å². The number of benzene rings is 1. The predicted octanol–water partition coefficient (Wildman–Crippen LogP) is 4.03. The summed E-state index contributed by atoms with van der Waals surface area (Å²) in [5.74, 6) is 0.740. The Bertz CT molecular complexity index is 555. The second-order valence-electron chi connectivity index (χ2n) is 5.16. The minimum Gasteiger partial charge on any atom is -0.381 e. The molecule has 1 aliphatic heterocycles. The molecule has 0 spiro atoms. The first kappa shape index (κ1) is 12.1. The summed E-state index contributed by atoms with van der Waals surface area (Å²) in [6, 6.07) is 8.37. The van der Waals surface area contributed by atoms with E-state index in [1.54, 1.807) is 0 Å². The van der Waals surface area contributed by atoms with E-state index >= 15 is 0 Å². The topological polar surface area (TPSA) is 14.2 Å². The number of aromatic nitrogens is 1. The van der Waals surface area contributed by atoms with Crippen molar-refractivity contribution in [3.8, 4) is 0 Å². The van der Waals surface area contributed by atoms with Gasteiger partial charge in [0.25, 0.3) is 0 Å². The van der Waals surface area contributed by atoms with Gasteiger partial charge in [0.1, 0.15) is 0 Å². The van der Waals surface area contributed by atoms with Crippen molar-refractivity contribution in [3.05, 3.63) is 35.0 Å². The van der Waals surface area contributed by atoms with Gasteiger partial charge in [-0.25, -0.2) is 0 Å². The molecular formula is C15H18ClNO. The number of halogens is 1. The number of aryl methyl sites for hydroxylation is 1. The van der Waals surface area contributed by atoms with Gasteiger partial charge in [0.2, 0.25) is 0 Å². The van der Waals surface area contributed by atoms with Crippen LogP contribution in [0.3, 0.4) is 0 Å². The summed E-state index contributed by atoms with van der Waals surface area (Å²) < 4.78 is 7.84. The highest BCUT2D eigenvalue weighted by atomic mass is 35.5. The van der Waals surface area contributed by atoms with Crippen molar-refractivity contribution < 1.29 is 4.74 Å². The van der Waals surface area contributed by atoms with Gasteiger partial charge in [-0.1, -0.05) is 11.6 Å². The average Bonchev–Trinajstić information content (AvgIpc) is 2.66. The van der Waals surface area contributed by atoms with E-state index in [0.717, 1.165) is 30.7 Å². The Morgan fingerprint density at radius 2 is 2.06 bits per heavy atom. The molecule has 1 aromatic heterocycles. The zero-order valence-electron chi connectivity index (χ0n) is 10.7. The van der Waals surface area contributed by atoms with Crippen LogP contribution in [0.5, 0.6) is 0 Å². The molecule has 3 heteroatoms. The van der Waals surface area contributed by atoms with Crippen molar-refractivity contribution in [2.24, 2.45) is 5.92 Å². The molecule has 2 heterocycles. The van der Waals surface area contributed by atoms with Gasteiger partial charge in [0.15, 0.2) is 0 Å². The minimum atomic E-state index is 0.740. The van der Waals surface area contributed by atoms with E-state index in [4.69, 9.17) is 16.3 Å². The van der Waals surface area contributed by atoms with Gasteiger partial charge in [0.05, 0.1) is 0 Å². The average molecular weight is 264 g/mol. The smallest absolute Gasteiger partial charge is 0.0483 e. The predicted molar refractivity (Wildman–Crippen MR) is 75.2 cm³/mol. The summed E-state index contributed by atoms with van der Waals surface area (Å²) in [6.07, 6.45) is 2.35. The first-order chi connectivity index (χ1) is 8.74. The Labute approximate surface area is 112 Å². The lowest BCUT2D eigenvalue weighted by molar-refractivity contribution is 0.0615. The van der Waals surface area contributed by atoms with Gasteiger partial charge in [0, 0.05) is 41.4 Å². The van der Waals surface area contributed by atoms with E-state index in [1.165, 1.54) is 29.4 Å². The summed E-state index contributed by atoms with van der Waals surface area (Å²) in [5.41, 5.74) is 2.61. The fourth-order valence-corrected chi connectivity index (χ4v) is 2.99. The third-order valence-electron chi connectivity index (χ3n) is 3.85. The van der Waals surface area contributed by atoms with Crippen LogP contribution in [0.4, 0.5) is 0 Å². The third-order valence-corrected chi connectivity index (χ3v) is 4.09. The van der Waals surface area contributed by atoms with Crippen molar-refractivity contribution in [3.63, 3.8) is 0 Å². The monoisotopic (exact) mass is 263 g/mol. The quantitative estimate of drug-likeness (QED) is 0.798. The van der Waals surface area contributed by atoms with Crippen LogP contribution in [0.1, 0.15) is 18.5 Å². The summed E-state index contributed by atoms with van der Waals surface area (Å²) >= 11 is 6.05. The van der Waals surface area contributed by atoms with Crippen LogP contribution in [0, 0.1) is 12.8 Å². The maximum atomic E-state index is 6.05. The first-order valence-electron chi connectivity index (χ1n) is 6.57. The Morgan fingerprint density at radius 3 is 2.83 bits per heavy atom. The fraction of sp³-hybridized carbons (Fsp3) is 0.467. The van der Waals surface area contributed by atoms with E-state index in [0.29, 0.717) is 0 Å². The minimum absolute atomic E-state index is 0.740. The number of nitrogens with zero attached hydrogens (tertiary/aromatic N) is 1. The molecule has 1 aromatic carbocycles. The summed E-state index contributed by atoms with van der Waals surface area (Å²) in [6.45, 7) is 5.09. The molecule has 0 aliphatic carbocycles. The zero-order valence-corrected chi connectivity index (χ0v) is 11.4. The highest BCUT2D eigenvalue weighted by Gasteiger charge is 2.16. The zero-order chi connectivity index (χ0) is 12.5. The lowest BCUT2D eigenvalue weighted by Gasteiger charge is -2.23. The lowest BCUT2D eigenvalue weighted by atomic mass is 10.0. The largest absolute Gasteiger partial charge is 0.381 e. The summed E-state index contributed by atoms with van der Waals surface area (Å²) in [7, 11) is 0. The third kappa shape index (κ3) is 2.27. The molecule has 96 valence electrons. The molecule has 0 saturated carbocycles. The molecule has 18 heavy (non-hydrogen) atoms. The molecule has 0 amide bonds. The fourth-order valence-electron chi connectivity index (χ4n) is 2.81. The molecule has 0 atom stereocenters. The van der Waals surface area contributed by atoms with E-state index in [9.17, 15) is 0 Å². The highest BCUT2D eigenvalue weighted by Crippen LogP contribution is 2.26. The Morgan fingerprint density at radius 1 is 1.28 bits per heavy atom. The summed E-state index contributed by atoms with van der Waals surface area (Å²) in [4.78, 5) is 0. The van der Waals surface area contributed by atoms with Crippen LogP contribution in [-0.2, 0) is 11.3 Å². The molecule has 2 nitrogen and oxygen atoms in total. The number of fused-ring (bicyclic) bond motifs is 1. The second-order valence-corrected chi connectivity index (χ2v) is 5.59. The first-order valence-corrected chi connectivity index (χ1v) is 6.95. The van der Waals surface area contributed by atoms with Gasteiger partial charge in [-0.15, -0.1) is 0 Å². The SMILES string of the molecule is Cc1cc2cc(Cl)ccc2n1CC1CCOCC1. The van der Waals surface area contributed by atoms with Crippen molar-refractivity contribution >= 4 is 22.5 Å². The molecule has 0 N–H and O–H groups in total. The van der Waals surface area contributed by atoms with Crippen LogP contribution in [0.25, 0.3) is 10.9 Å². The van der Waals surface area contributed by atoms with Crippen LogP contribution >= 0.6 is 11.6 Å². The number of hydrogen-bond donors (Lipinski definition) is 0. The molecule has 2 aromatic rings. The molecule has 1 aliphatic rings. The van der Waals surface area contributed by atoms with E-state index in [1.807, 2.05) is 12.1 Å². The maximum Gasteiger partial charge on any atom is 0.0483 e. The molecule has 0 bridgehead atoms. The Kier molecular flexibility index (Phi) is 3.31. The van der Waals surface area contributed by atoms with Gasteiger partial charge < -0.3 is 9.30 Å². The molecule has 1 fully saturated rings. The highest BCUT2D eigenvalue weighted by molar-refractivity contribution is 6.31. The van der Waals surface area contributed by atoms with Crippen molar-refractivity contribution in [1.29, 1.82) is 0 Å². The van der Waals surface area contributed by atoms with Gasteiger partial charge in [-0.3, -0.25) is 0 Å². The number of hydrogen-bond acceptors (Lipinski definition) is 1. The van der Waals surface area contributed by atoms with Crippen LogP contribution in [-0.4, -0.2) is 17.8 Å². The van der Waals surface area contributed by atoms with Crippen molar-refractivity contribution in [1.82, 2.24) is 4.57 Å². The molecule has 0 radical (unpaired) electrons. The normalized spacial score (nSPS) is 17.4. The Hall–Kier alpha value is -0.990. The molecule has 0 unspecified atom stereocenters. The summed E-state index contributed by atoms with van der Waals surface area (Å²) in [5, 5.41) is 2.05. The standard InChI is InChI=1S/C15H18ClNO/c1-11-8-13-9-14(16)2-3-15(13)17(11)10-12-4-6-18-7-5-12/h2-3,8-9,12H,4-7,10H2,1H3. The lowest BCUT2D eigenvalue weighted by Crippen LogP contribution is -2.20. The van der Waals surface area contributed by atoms with E-state index in [-0.39, 0.29) is 0 Å². The van der Waals surface area contributed by atoms with Crippen molar-refractivity contribution in [2.45, 2.75) is 26.3 Å². The van der Waals surface area contributed by atoms with Crippen LogP contribution in [0.2, 0.25) is 5.02 Å². The maximum absolute atomic E-state index is 6.05. The van der Waals surface area contributed by atoms with Gasteiger partial charge in [-0.05, 0) is 49.9 Å². The van der Waals surface area contributed by atoms with Crippen LogP contribution in [0.15, 0.2) is 24.3 Å². The number of ether oxygens (including phenoxy) is 1.